The van der Waals surface area contributed by atoms with Crippen molar-refractivity contribution in [3.8, 4) is 5.75 Å². The van der Waals surface area contributed by atoms with Gasteiger partial charge in [-0.15, -0.1) is 0 Å². The zero-order valence-electron chi connectivity index (χ0n) is 10.8. The lowest BCUT2D eigenvalue weighted by Gasteiger charge is -2.19. The molecule has 0 saturated heterocycles. The average Bonchev–Trinajstić information content (AvgIpc) is 2.46. The van der Waals surface area contributed by atoms with Crippen LogP contribution in [0.2, 0.25) is 0 Å². The summed E-state index contributed by atoms with van der Waals surface area (Å²) in [6, 6.07) is 7.54. The van der Waals surface area contributed by atoms with Crippen molar-refractivity contribution in [1.29, 1.82) is 0 Å². The van der Waals surface area contributed by atoms with Gasteiger partial charge in [-0.3, -0.25) is 9.78 Å². The van der Waals surface area contributed by atoms with Gasteiger partial charge in [0, 0.05) is 20.8 Å². The molecule has 0 saturated carbocycles. The molecule has 7 heteroatoms. The quantitative estimate of drug-likeness (QED) is 0.809. The van der Waals surface area contributed by atoms with E-state index >= 15 is 0 Å². The molecule has 1 amide bonds. The van der Waals surface area contributed by atoms with Crippen LogP contribution < -0.4 is 15.4 Å². The van der Waals surface area contributed by atoms with Gasteiger partial charge < -0.3 is 15.4 Å². The fraction of sp³-hybridized carbons (Fsp3) is 0.143. The van der Waals surface area contributed by atoms with E-state index in [1.54, 1.807) is 6.20 Å². The lowest BCUT2D eigenvalue weighted by atomic mass is 10.2. The number of rotatable bonds is 3. The summed E-state index contributed by atoms with van der Waals surface area (Å²) in [6.07, 6.45) is 1.75. The molecule has 0 unspecified atom stereocenters. The number of anilines is 2. The lowest BCUT2D eigenvalue weighted by Crippen LogP contribution is -2.25. The predicted molar refractivity (Wildman–Crippen MR) is 87.5 cm³/mol. The Morgan fingerprint density at radius 1 is 1.33 bits per heavy atom. The van der Waals surface area contributed by atoms with Gasteiger partial charge in [-0.2, -0.15) is 0 Å². The molecule has 2 aromatic rings. The summed E-state index contributed by atoms with van der Waals surface area (Å²) in [4.78, 5) is 15.7. The highest BCUT2D eigenvalue weighted by atomic mass is 79.9. The molecule has 0 fully saturated rings. The third-order valence-corrected chi connectivity index (χ3v) is 4.08. The molecule has 0 spiro atoms. The van der Waals surface area contributed by atoms with E-state index < -0.39 is 0 Å². The second kappa shape index (κ2) is 6.03. The van der Waals surface area contributed by atoms with Crippen molar-refractivity contribution in [1.82, 2.24) is 4.98 Å². The first kappa shape index (κ1) is 14.3. The van der Waals surface area contributed by atoms with Gasteiger partial charge in [-0.05, 0) is 56.1 Å². The molecule has 0 bridgehead atoms. The van der Waals surface area contributed by atoms with Crippen LogP contribution in [0.1, 0.15) is 5.69 Å². The van der Waals surface area contributed by atoms with Gasteiger partial charge in [-0.1, -0.05) is 0 Å². The number of nitrogens with zero attached hydrogens (tertiary/aromatic N) is 1. The summed E-state index contributed by atoms with van der Waals surface area (Å²) in [7, 11) is 0. The number of halogens is 2. The van der Waals surface area contributed by atoms with Crippen LogP contribution in [0.15, 0.2) is 39.4 Å². The summed E-state index contributed by atoms with van der Waals surface area (Å²) in [5, 5.41) is 6.05. The Hall–Kier alpha value is -1.60. The number of pyridine rings is 1. The van der Waals surface area contributed by atoms with Gasteiger partial charge in [0.05, 0.1) is 17.9 Å². The predicted octanol–water partition coefficient (Wildman–Crippen LogP) is 3.55. The first-order chi connectivity index (χ1) is 10.1. The molecule has 3 rings (SSSR count). The minimum absolute atomic E-state index is 0.0650. The number of benzene rings is 1. The maximum atomic E-state index is 11.3. The summed E-state index contributed by atoms with van der Waals surface area (Å²) in [5.41, 5.74) is 2.46. The Morgan fingerprint density at radius 2 is 2.19 bits per heavy atom. The molecule has 0 aliphatic carbocycles. The first-order valence-corrected chi connectivity index (χ1v) is 7.81. The number of carbonyl (C=O) groups excluding carboxylic acids is 1. The highest BCUT2D eigenvalue weighted by molar-refractivity contribution is 9.11. The highest BCUT2D eigenvalue weighted by Crippen LogP contribution is 2.30. The van der Waals surface area contributed by atoms with Crippen molar-refractivity contribution in [2.24, 2.45) is 0 Å². The van der Waals surface area contributed by atoms with Crippen LogP contribution >= 0.6 is 31.9 Å². The molecule has 1 aliphatic heterocycles. The molecular weight excluding hydrogens is 402 g/mol. The van der Waals surface area contributed by atoms with E-state index in [4.69, 9.17) is 4.74 Å². The van der Waals surface area contributed by atoms with Gasteiger partial charge in [0.15, 0.2) is 6.61 Å². The number of amides is 1. The lowest BCUT2D eigenvalue weighted by molar-refractivity contribution is -0.118. The Morgan fingerprint density at radius 3 is 3.00 bits per heavy atom. The van der Waals surface area contributed by atoms with E-state index in [2.05, 4.69) is 47.5 Å². The van der Waals surface area contributed by atoms with E-state index in [9.17, 15) is 4.79 Å². The van der Waals surface area contributed by atoms with Gasteiger partial charge >= 0.3 is 0 Å². The minimum Gasteiger partial charge on any atom is -0.482 e. The van der Waals surface area contributed by atoms with E-state index in [1.165, 1.54) is 0 Å². The van der Waals surface area contributed by atoms with Crippen LogP contribution in [0.5, 0.6) is 5.75 Å². The van der Waals surface area contributed by atoms with Gasteiger partial charge in [0.1, 0.15) is 5.75 Å². The van der Waals surface area contributed by atoms with Gasteiger partial charge in [0.25, 0.3) is 5.91 Å². The second-order valence-electron chi connectivity index (χ2n) is 4.48. The molecule has 2 N–H and O–H groups in total. The van der Waals surface area contributed by atoms with Gasteiger partial charge in [0.2, 0.25) is 0 Å². The van der Waals surface area contributed by atoms with Crippen LogP contribution in [-0.4, -0.2) is 17.5 Å². The SMILES string of the molecule is O=C1COc2ccc(NCc3ncc(Br)cc3Br)cc2N1. The maximum absolute atomic E-state index is 11.3. The maximum Gasteiger partial charge on any atom is 0.262 e. The first-order valence-electron chi connectivity index (χ1n) is 6.22. The van der Waals surface area contributed by atoms with Crippen LogP contribution in [0.3, 0.4) is 0 Å². The third-order valence-electron chi connectivity index (χ3n) is 2.96. The van der Waals surface area contributed by atoms with Crippen LogP contribution in [0, 0.1) is 0 Å². The number of aromatic nitrogens is 1. The number of hydrogen-bond donors (Lipinski definition) is 2. The molecule has 0 radical (unpaired) electrons. The zero-order chi connectivity index (χ0) is 14.8. The normalized spacial score (nSPS) is 13.1. The Bertz CT molecular complexity index is 707. The van der Waals surface area contributed by atoms with Crippen LogP contribution in [0.4, 0.5) is 11.4 Å². The fourth-order valence-electron chi connectivity index (χ4n) is 1.95. The number of fused-ring (bicyclic) bond motifs is 1. The smallest absolute Gasteiger partial charge is 0.262 e. The Labute approximate surface area is 138 Å². The van der Waals surface area contributed by atoms with E-state index in [-0.39, 0.29) is 12.5 Å². The standard InChI is InChI=1S/C14H11Br2N3O2/c15-8-3-10(16)12(18-5-8)6-17-9-1-2-13-11(4-9)19-14(20)7-21-13/h1-5,17H,6-7H2,(H,19,20). The fourth-order valence-corrected chi connectivity index (χ4v) is 3.08. The van der Waals surface area contributed by atoms with Gasteiger partial charge in [-0.25, -0.2) is 0 Å². The minimum atomic E-state index is -0.142. The molecule has 5 nitrogen and oxygen atoms in total. The van der Waals surface area contributed by atoms with Crippen molar-refractivity contribution in [2.75, 3.05) is 17.2 Å². The monoisotopic (exact) mass is 411 g/mol. The summed E-state index contributed by atoms with van der Waals surface area (Å²) in [5.74, 6) is 0.542. The van der Waals surface area contributed by atoms with Crippen molar-refractivity contribution in [3.63, 3.8) is 0 Å². The highest BCUT2D eigenvalue weighted by Gasteiger charge is 2.15. The molecule has 1 aliphatic rings. The molecule has 1 aromatic heterocycles. The van der Waals surface area contributed by atoms with Crippen molar-refractivity contribution in [2.45, 2.75) is 6.54 Å². The molecule has 0 atom stereocenters. The topological polar surface area (TPSA) is 63.2 Å². The molecule has 1 aromatic carbocycles. The zero-order valence-corrected chi connectivity index (χ0v) is 14.0. The largest absolute Gasteiger partial charge is 0.482 e. The summed E-state index contributed by atoms with van der Waals surface area (Å²) >= 11 is 6.85. The van der Waals surface area contributed by atoms with Crippen molar-refractivity contribution >= 4 is 49.1 Å². The van der Waals surface area contributed by atoms with E-state index in [0.717, 1.165) is 20.3 Å². The number of hydrogen-bond acceptors (Lipinski definition) is 4. The molecule has 21 heavy (non-hydrogen) atoms. The van der Waals surface area contributed by atoms with E-state index in [1.807, 2.05) is 24.3 Å². The molecular formula is C14H11Br2N3O2. The third kappa shape index (κ3) is 3.36. The summed E-state index contributed by atoms with van der Waals surface area (Å²) < 4.78 is 7.17. The van der Waals surface area contributed by atoms with E-state index in [0.29, 0.717) is 18.0 Å². The van der Waals surface area contributed by atoms with Crippen molar-refractivity contribution < 1.29 is 9.53 Å². The number of nitrogens with one attached hydrogen (secondary N) is 2. The van der Waals surface area contributed by atoms with Crippen LogP contribution in [-0.2, 0) is 11.3 Å². The number of ether oxygens (including phenoxy) is 1. The molecule has 2 heterocycles. The number of carbonyl (C=O) groups is 1. The van der Waals surface area contributed by atoms with Crippen molar-refractivity contribution in [3.05, 3.63) is 45.1 Å². The Balaban J connectivity index is 1.73. The Kier molecular flexibility index (Phi) is 4.12. The second-order valence-corrected chi connectivity index (χ2v) is 6.25. The summed E-state index contributed by atoms with van der Waals surface area (Å²) in [6.45, 7) is 0.636. The molecule has 108 valence electrons. The van der Waals surface area contributed by atoms with Crippen LogP contribution in [0.25, 0.3) is 0 Å². The average molecular weight is 413 g/mol.